The molecular formula is C16H19N3OS. The van der Waals surface area contributed by atoms with Crippen LogP contribution in [-0.2, 0) is 0 Å². The zero-order valence-corrected chi connectivity index (χ0v) is 12.9. The van der Waals surface area contributed by atoms with E-state index >= 15 is 0 Å². The van der Waals surface area contributed by atoms with Crippen molar-refractivity contribution in [1.82, 2.24) is 15.5 Å². The Kier molecular flexibility index (Phi) is 4.29. The minimum Gasteiger partial charge on any atom is -0.350 e. The Morgan fingerprint density at radius 3 is 2.86 bits per heavy atom. The van der Waals surface area contributed by atoms with Crippen molar-refractivity contribution in [2.75, 3.05) is 12.3 Å². The maximum atomic E-state index is 12.0. The maximum Gasteiger partial charge on any atom is 0.271 e. The number of hydrogen-bond acceptors (Lipinski definition) is 3. The topological polar surface area (TPSA) is 57.8 Å². The van der Waals surface area contributed by atoms with Crippen LogP contribution >= 0.6 is 11.8 Å². The minimum atomic E-state index is -0.0948. The molecule has 0 saturated heterocycles. The lowest BCUT2D eigenvalue weighted by Crippen LogP contribution is -2.26. The molecule has 5 heteroatoms. The van der Waals surface area contributed by atoms with E-state index in [1.54, 1.807) is 11.8 Å². The molecule has 110 valence electrons. The molecule has 1 aliphatic rings. The van der Waals surface area contributed by atoms with E-state index in [1.165, 1.54) is 23.3 Å². The van der Waals surface area contributed by atoms with Crippen molar-refractivity contribution >= 4 is 17.7 Å². The molecule has 0 aliphatic heterocycles. The first-order valence-electron chi connectivity index (χ1n) is 7.25. The van der Waals surface area contributed by atoms with E-state index in [9.17, 15) is 4.79 Å². The summed E-state index contributed by atoms with van der Waals surface area (Å²) in [6.45, 7) is 2.72. The largest absolute Gasteiger partial charge is 0.350 e. The van der Waals surface area contributed by atoms with Crippen LogP contribution in [0.5, 0.6) is 0 Å². The van der Waals surface area contributed by atoms with Gasteiger partial charge in [-0.2, -0.15) is 5.10 Å². The zero-order chi connectivity index (χ0) is 14.7. The fourth-order valence-electron chi connectivity index (χ4n) is 2.11. The Hall–Kier alpha value is -1.75. The first kappa shape index (κ1) is 14.2. The second-order valence-electron chi connectivity index (χ2n) is 5.40. The molecule has 1 saturated carbocycles. The van der Waals surface area contributed by atoms with Crippen LogP contribution in [0.4, 0.5) is 0 Å². The van der Waals surface area contributed by atoms with Crippen LogP contribution in [0.2, 0.25) is 0 Å². The van der Waals surface area contributed by atoms with Gasteiger partial charge in [-0.15, -0.1) is 11.8 Å². The highest BCUT2D eigenvalue weighted by atomic mass is 32.2. The Morgan fingerprint density at radius 2 is 2.14 bits per heavy atom. The number of hydrogen-bond donors (Lipinski definition) is 2. The lowest BCUT2D eigenvalue weighted by atomic mass is 10.2. The lowest BCUT2D eigenvalue weighted by Gasteiger charge is -2.03. The summed E-state index contributed by atoms with van der Waals surface area (Å²) in [7, 11) is 0. The highest BCUT2D eigenvalue weighted by Crippen LogP contribution is 2.38. The molecule has 2 aromatic rings. The zero-order valence-electron chi connectivity index (χ0n) is 12.1. The van der Waals surface area contributed by atoms with E-state index < -0.39 is 0 Å². The third-order valence-electron chi connectivity index (χ3n) is 3.52. The molecule has 21 heavy (non-hydrogen) atoms. The van der Waals surface area contributed by atoms with Gasteiger partial charge in [-0.25, -0.2) is 0 Å². The first-order chi connectivity index (χ1) is 10.2. The van der Waals surface area contributed by atoms with Gasteiger partial charge in [0.05, 0.1) is 0 Å². The number of benzene rings is 1. The van der Waals surface area contributed by atoms with Gasteiger partial charge in [0.15, 0.2) is 0 Å². The van der Waals surface area contributed by atoms with Crippen LogP contribution < -0.4 is 5.32 Å². The van der Waals surface area contributed by atoms with E-state index in [0.717, 1.165) is 11.4 Å². The smallest absolute Gasteiger partial charge is 0.271 e. The van der Waals surface area contributed by atoms with E-state index in [1.807, 2.05) is 6.07 Å². The number of rotatable bonds is 6. The number of nitrogens with one attached hydrogen (secondary N) is 2. The van der Waals surface area contributed by atoms with Gasteiger partial charge in [0.2, 0.25) is 0 Å². The lowest BCUT2D eigenvalue weighted by molar-refractivity contribution is 0.0951. The van der Waals surface area contributed by atoms with Gasteiger partial charge in [0, 0.05) is 28.8 Å². The highest BCUT2D eigenvalue weighted by molar-refractivity contribution is 7.99. The quantitative estimate of drug-likeness (QED) is 0.636. The Labute approximate surface area is 128 Å². The number of nitrogens with zero attached hydrogens (tertiary/aromatic N) is 1. The third kappa shape index (κ3) is 3.88. The van der Waals surface area contributed by atoms with Crippen molar-refractivity contribution in [2.24, 2.45) is 0 Å². The molecule has 1 aromatic carbocycles. The molecule has 3 rings (SSSR count). The summed E-state index contributed by atoms with van der Waals surface area (Å²) >= 11 is 1.74. The number of amides is 1. The van der Waals surface area contributed by atoms with E-state index in [4.69, 9.17) is 0 Å². The van der Waals surface area contributed by atoms with Crippen molar-refractivity contribution in [3.05, 3.63) is 47.3 Å². The molecule has 1 aromatic heterocycles. The summed E-state index contributed by atoms with van der Waals surface area (Å²) in [4.78, 5) is 13.2. The molecule has 1 heterocycles. The van der Waals surface area contributed by atoms with Crippen LogP contribution in [0.25, 0.3) is 0 Å². The summed E-state index contributed by atoms with van der Waals surface area (Å²) in [5, 5.41) is 9.95. The van der Waals surface area contributed by atoms with Crippen molar-refractivity contribution in [3.63, 3.8) is 0 Å². The van der Waals surface area contributed by atoms with Crippen LogP contribution in [0, 0.1) is 6.92 Å². The molecule has 1 aliphatic carbocycles. The predicted molar refractivity (Wildman–Crippen MR) is 84.8 cm³/mol. The van der Waals surface area contributed by atoms with Crippen LogP contribution in [-0.4, -0.2) is 28.4 Å². The summed E-state index contributed by atoms with van der Waals surface area (Å²) in [5.41, 5.74) is 2.85. The molecule has 1 amide bonds. The Balaban J connectivity index is 1.41. The predicted octanol–water partition coefficient (Wildman–Crippen LogP) is 3.12. The SMILES string of the molecule is Cc1ccc(SCCNC(=O)c2cc(C3CC3)[nH]n2)cc1. The second-order valence-corrected chi connectivity index (χ2v) is 6.57. The highest BCUT2D eigenvalue weighted by Gasteiger charge is 2.26. The molecule has 0 spiro atoms. The number of aryl methyl sites for hydroxylation is 1. The molecule has 0 atom stereocenters. The summed E-state index contributed by atoms with van der Waals surface area (Å²) < 4.78 is 0. The van der Waals surface area contributed by atoms with Gasteiger partial charge in [-0.1, -0.05) is 17.7 Å². The number of H-pyrrole nitrogens is 1. The Bertz CT molecular complexity index is 617. The van der Waals surface area contributed by atoms with Gasteiger partial charge in [-0.3, -0.25) is 9.89 Å². The molecular weight excluding hydrogens is 282 g/mol. The third-order valence-corrected chi connectivity index (χ3v) is 4.54. The molecule has 0 bridgehead atoms. The van der Waals surface area contributed by atoms with E-state index in [2.05, 4.69) is 46.7 Å². The van der Waals surface area contributed by atoms with Gasteiger partial charge < -0.3 is 5.32 Å². The van der Waals surface area contributed by atoms with Gasteiger partial charge in [-0.05, 0) is 38.0 Å². The van der Waals surface area contributed by atoms with Crippen molar-refractivity contribution < 1.29 is 4.79 Å². The molecule has 2 N–H and O–H groups in total. The van der Waals surface area contributed by atoms with E-state index in [-0.39, 0.29) is 5.91 Å². The van der Waals surface area contributed by atoms with E-state index in [0.29, 0.717) is 18.2 Å². The molecule has 0 unspecified atom stereocenters. The molecule has 1 fully saturated rings. The number of thioether (sulfide) groups is 1. The number of carbonyl (C=O) groups is 1. The monoisotopic (exact) mass is 301 g/mol. The Morgan fingerprint density at radius 1 is 1.38 bits per heavy atom. The fraction of sp³-hybridized carbons (Fsp3) is 0.375. The first-order valence-corrected chi connectivity index (χ1v) is 8.24. The average molecular weight is 301 g/mol. The summed E-state index contributed by atoms with van der Waals surface area (Å²) in [6.07, 6.45) is 2.41. The number of aromatic amines is 1. The maximum absolute atomic E-state index is 12.0. The van der Waals surface area contributed by atoms with Crippen LogP contribution in [0.1, 0.15) is 40.5 Å². The van der Waals surface area contributed by atoms with Gasteiger partial charge in [0.1, 0.15) is 5.69 Å². The van der Waals surface area contributed by atoms with Crippen LogP contribution in [0.15, 0.2) is 35.2 Å². The average Bonchev–Trinajstić information content (AvgIpc) is 3.22. The fourth-order valence-corrected chi connectivity index (χ4v) is 2.88. The van der Waals surface area contributed by atoms with Crippen molar-refractivity contribution in [1.29, 1.82) is 0 Å². The minimum absolute atomic E-state index is 0.0948. The molecule has 0 radical (unpaired) electrons. The normalized spacial score (nSPS) is 14.1. The number of carbonyl (C=O) groups excluding carboxylic acids is 1. The number of aromatic nitrogens is 2. The standard InChI is InChI=1S/C16H19N3OS/c1-11-2-6-13(7-3-11)21-9-8-17-16(20)15-10-14(18-19-15)12-4-5-12/h2-3,6-7,10,12H,4-5,8-9H2,1H3,(H,17,20)(H,18,19). The van der Waals surface area contributed by atoms with Crippen molar-refractivity contribution in [3.8, 4) is 0 Å². The second kappa shape index (κ2) is 6.35. The summed E-state index contributed by atoms with van der Waals surface area (Å²) in [5.74, 6) is 1.35. The van der Waals surface area contributed by atoms with Crippen LogP contribution in [0.3, 0.4) is 0 Å². The van der Waals surface area contributed by atoms with Crippen molar-refractivity contribution in [2.45, 2.75) is 30.6 Å². The molecule has 4 nitrogen and oxygen atoms in total. The van der Waals surface area contributed by atoms with Gasteiger partial charge >= 0.3 is 0 Å². The van der Waals surface area contributed by atoms with Gasteiger partial charge in [0.25, 0.3) is 5.91 Å². The summed E-state index contributed by atoms with van der Waals surface area (Å²) in [6, 6.07) is 10.3.